The van der Waals surface area contributed by atoms with Crippen LogP contribution in [0.15, 0.2) is 65.7 Å². The Morgan fingerprint density at radius 2 is 1.84 bits per heavy atom. The number of halogens is 1. The minimum Gasteiger partial charge on any atom is -0.469 e. The first kappa shape index (κ1) is 22.2. The largest absolute Gasteiger partial charge is 0.469 e. The highest BCUT2D eigenvalue weighted by Crippen LogP contribution is 2.40. The molecule has 0 aromatic heterocycles. The summed E-state index contributed by atoms with van der Waals surface area (Å²) in [4.78, 5) is 27.6. The van der Waals surface area contributed by atoms with E-state index in [1.807, 2.05) is 42.2 Å². The van der Waals surface area contributed by atoms with E-state index in [1.54, 1.807) is 12.1 Å². The van der Waals surface area contributed by atoms with Gasteiger partial charge in [-0.3, -0.25) is 14.9 Å². The molecule has 0 unspecified atom stereocenters. The van der Waals surface area contributed by atoms with Crippen molar-refractivity contribution in [2.24, 2.45) is 0 Å². The highest BCUT2D eigenvalue weighted by atomic mass is 19.1. The monoisotopic (exact) mass is 436 g/mol. The summed E-state index contributed by atoms with van der Waals surface area (Å²) in [5, 5.41) is 3.53. The molecule has 2 aromatic carbocycles. The van der Waals surface area contributed by atoms with Crippen LogP contribution in [0.2, 0.25) is 0 Å². The van der Waals surface area contributed by atoms with Gasteiger partial charge >= 0.3 is 5.97 Å². The Kier molecular flexibility index (Phi) is 6.70. The summed E-state index contributed by atoms with van der Waals surface area (Å²) in [6, 6.07) is 15.5. The Bertz CT molecular complexity index is 1020. The maximum absolute atomic E-state index is 14.0. The molecule has 0 radical (unpaired) electrons. The SMILES string of the molecule is COC(=O)C[C@H](N[C@@H]1C2=C(CCCC2)C(=O)N1[C@@H](C)c1ccccc1)c1cccc(F)c1. The molecule has 0 fully saturated rings. The zero-order valence-electron chi connectivity index (χ0n) is 18.5. The second-order valence-corrected chi connectivity index (χ2v) is 8.47. The van der Waals surface area contributed by atoms with Crippen LogP contribution in [0.1, 0.15) is 62.2 Å². The van der Waals surface area contributed by atoms with Crippen molar-refractivity contribution in [2.75, 3.05) is 7.11 Å². The van der Waals surface area contributed by atoms with Crippen molar-refractivity contribution >= 4 is 11.9 Å². The van der Waals surface area contributed by atoms with E-state index >= 15 is 0 Å². The summed E-state index contributed by atoms with van der Waals surface area (Å²) < 4.78 is 18.9. The summed E-state index contributed by atoms with van der Waals surface area (Å²) in [5.41, 5.74) is 3.67. The molecule has 2 aromatic rings. The summed E-state index contributed by atoms with van der Waals surface area (Å²) in [6.45, 7) is 2.03. The lowest BCUT2D eigenvalue weighted by Gasteiger charge is -2.36. The lowest BCUT2D eigenvalue weighted by molar-refractivity contribution is -0.141. The standard InChI is InChI=1S/C26H29FN2O3/c1-17(18-9-4-3-5-10-18)29-25(21-13-6-7-14-22(21)26(29)31)28-23(16-24(30)32-2)19-11-8-12-20(27)15-19/h3-5,8-12,15,17,23,25,28H,6-7,13-14,16H2,1-2H3/t17-,23-,25-/m0/s1. The number of carbonyl (C=O) groups is 2. The van der Waals surface area contributed by atoms with Gasteiger partial charge in [0.15, 0.2) is 0 Å². The van der Waals surface area contributed by atoms with Gasteiger partial charge in [-0.1, -0.05) is 42.5 Å². The van der Waals surface area contributed by atoms with Crippen molar-refractivity contribution in [3.8, 4) is 0 Å². The topological polar surface area (TPSA) is 58.6 Å². The fourth-order valence-electron chi connectivity index (χ4n) is 4.83. The number of hydrogen-bond donors (Lipinski definition) is 1. The van der Waals surface area contributed by atoms with Gasteiger partial charge in [0.05, 0.1) is 19.6 Å². The van der Waals surface area contributed by atoms with Gasteiger partial charge in [-0.25, -0.2) is 4.39 Å². The number of rotatable bonds is 7. The summed E-state index contributed by atoms with van der Waals surface area (Å²) in [5.74, 6) is -0.713. The smallest absolute Gasteiger partial charge is 0.307 e. The highest BCUT2D eigenvalue weighted by molar-refractivity contribution is 5.98. The van der Waals surface area contributed by atoms with Gasteiger partial charge in [0.2, 0.25) is 0 Å². The minimum atomic E-state index is -0.491. The summed E-state index contributed by atoms with van der Waals surface area (Å²) in [6.07, 6.45) is 3.32. The number of nitrogens with zero attached hydrogens (tertiary/aromatic N) is 1. The fourth-order valence-corrected chi connectivity index (χ4v) is 4.83. The van der Waals surface area contributed by atoms with E-state index in [-0.39, 0.29) is 30.4 Å². The molecule has 1 aliphatic heterocycles. The quantitative estimate of drug-likeness (QED) is 0.633. The van der Waals surface area contributed by atoms with Crippen LogP contribution in [0.25, 0.3) is 0 Å². The number of benzene rings is 2. The van der Waals surface area contributed by atoms with Crippen molar-refractivity contribution in [3.63, 3.8) is 0 Å². The van der Waals surface area contributed by atoms with Crippen molar-refractivity contribution in [2.45, 2.75) is 57.3 Å². The van der Waals surface area contributed by atoms with Crippen LogP contribution in [0.3, 0.4) is 0 Å². The first-order valence-corrected chi connectivity index (χ1v) is 11.2. The number of esters is 1. The molecule has 4 rings (SSSR count). The molecule has 168 valence electrons. The van der Waals surface area contributed by atoms with Crippen LogP contribution in [0.5, 0.6) is 0 Å². The van der Waals surface area contributed by atoms with E-state index in [4.69, 9.17) is 4.74 Å². The van der Waals surface area contributed by atoms with Crippen LogP contribution < -0.4 is 5.32 Å². The molecule has 6 heteroatoms. The number of hydrogen-bond acceptors (Lipinski definition) is 4. The molecule has 0 saturated carbocycles. The molecule has 0 saturated heterocycles. The van der Waals surface area contributed by atoms with Gasteiger partial charge in [-0.2, -0.15) is 0 Å². The average Bonchev–Trinajstić information content (AvgIpc) is 3.10. The van der Waals surface area contributed by atoms with Crippen LogP contribution in [0, 0.1) is 5.82 Å². The molecule has 32 heavy (non-hydrogen) atoms. The lowest BCUT2D eigenvalue weighted by atomic mass is 9.92. The van der Waals surface area contributed by atoms with Gasteiger partial charge < -0.3 is 9.64 Å². The minimum absolute atomic E-state index is 0.0425. The van der Waals surface area contributed by atoms with Gasteiger partial charge in [-0.05, 0) is 61.4 Å². The van der Waals surface area contributed by atoms with Gasteiger partial charge in [0, 0.05) is 11.6 Å². The second kappa shape index (κ2) is 9.65. The fraction of sp³-hybridized carbons (Fsp3) is 0.385. The molecule has 0 spiro atoms. The summed E-state index contributed by atoms with van der Waals surface area (Å²) >= 11 is 0. The number of amides is 1. The molecule has 1 amide bonds. The molecule has 1 N–H and O–H groups in total. The van der Waals surface area contributed by atoms with E-state index in [2.05, 4.69) is 5.32 Å². The maximum Gasteiger partial charge on any atom is 0.307 e. The normalized spacial score (nSPS) is 20.2. The number of carbonyl (C=O) groups excluding carboxylic acids is 2. The van der Waals surface area contributed by atoms with Gasteiger partial charge in [0.1, 0.15) is 12.0 Å². The van der Waals surface area contributed by atoms with Crippen LogP contribution in [0.4, 0.5) is 4.39 Å². The number of nitrogens with one attached hydrogen (secondary N) is 1. The predicted molar refractivity (Wildman–Crippen MR) is 120 cm³/mol. The van der Waals surface area contributed by atoms with E-state index < -0.39 is 12.0 Å². The molecular weight excluding hydrogens is 407 g/mol. The van der Waals surface area contributed by atoms with Crippen LogP contribution in [-0.2, 0) is 14.3 Å². The van der Waals surface area contributed by atoms with E-state index in [1.165, 1.54) is 19.2 Å². The van der Waals surface area contributed by atoms with Gasteiger partial charge in [-0.15, -0.1) is 0 Å². The second-order valence-electron chi connectivity index (χ2n) is 8.47. The number of ether oxygens (including phenoxy) is 1. The number of methoxy groups -OCH3 is 1. The molecule has 0 bridgehead atoms. The first-order valence-electron chi connectivity index (χ1n) is 11.2. The molecule has 1 heterocycles. The average molecular weight is 437 g/mol. The third kappa shape index (κ3) is 4.46. The molecular formula is C26H29FN2O3. The zero-order valence-corrected chi connectivity index (χ0v) is 18.5. The Balaban J connectivity index is 1.71. The van der Waals surface area contributed by atoms with E-state index in [9.17, 15) is 14.0 Å². The third-order valence-electron chi connectivity index (χ3n) is 6.52. The highest BCUT2D eigenvalue weighted by Gasteiger charge is 2.43. The van der Waals surface area contributed by atoms with E-state index in [0.29, 0.717) is 5.56 Å². The molecule has 1 aliphatic carbocycles. The predicted octanol–water partition coefficient (Wildman–Crippen LogP) is 4.82. The first-order chi connectivity index (χ1) is 15.5. The molecule has 2 aliphatic rings. The summed E-state index contributed by atoms with van der Waals surface area (Å²) in [7, 11) is 1.34. The van der Waals surface area contributed by atoms with Crippen LogP contribution >= 0.6 is 0 Å². The molecule has 5 nitrogen and oxygen atoms in total. The van der Waals surface area contributed by atoms with Crippen LogP contribution in [-0.4, -0.2) is 30.1 Å². The molecule has 3 atom stereocenters. The van der Waals surface area contributed by atoms with Crippen molar-refractivity contribution in [3.05, 3.63) is 82.7 Å². The van der Waals surface area contributed by atoms with E-state index in [0.717, 1.165) is 42.4 Å². The lowest BCUT2D eigenvalue weighted by Crippen LogP contribution is -2.48. The Morgan fingerprint density at radius 1 is 1.12 bits per heavy atom. The maximum atomic E-state index is 14.0. The van der Waals surface area contributed by atoms with Gasteiger partial charge in [0.25, 0.3) is 5.91 Å². The van der Waals surface area contributed by atoms with Crippen molar-refractivity contribution in [1.82, 2.24) is 10.2 Å². The Morgan fingerprint density at radius 3 is 2.56 bits per heavy atom. The van der Waals surface area contributed by atoms with Crippen molar-refractivity contribution < 1.29 is 18.7 Å². The third-order valence-corrected chi connectivity index (χ3v) is 6.52. The van der Waals surface area contributed by atoms with Crippen molar-refractivity contribution in [1.29, 1.82) is 0 Å². The Hall–Kier alpha value is -2.99. The zero-order chi connectivity index (χ0) is 22.7. The Labute approximate surface area is 188 Å².